The number of anilines is 2. The van der Waals surface area contributed by atoms with Crippen molar-refractivity contribution in [2.24, 2.45) is 0 Å². The predicted octanol–water partition coefficient (Wildman–Crippen LogP) is 3.46. The third kappa shape index (κ3) is 4.18. The predicted molar refractivity (Wildman–Crippen MR) is 109 cm³/mol. The maximum absolute atomic E-state index is 12.9. The molecule has 148 valence electrons. The Kier molecular flexibility index (Phi) is 5.71. The first-order chi connectivity index (χ1) is 13.4. The number of thiazole rings is 1. The van der Waals surface area contributed by atoms with Crippen LogP contribution in [0, 0.1) is 0 Å². The topological polar surface area (TPSA) is 107 Å². The average Bonchev–Trinajstić information content (AvgIpc) is 3.08. The van der Waals surface area contributed by atoms with Crippen LogP contribution < -0.4 is 19.5 Å². The molecule has 0 atom stereocenters. The van der Waals surface area contributed by atoms with Crippen LogP contribution in [0.25, 0.3) is 10.2 Å². The number of sulfonamides is 1. The fourth-order valence-electron chi connectivity index (χ4n) is 2.45. The fraction of sp³-hybridized carbons (Fsp3) is 0.222. The van der Waals surface area contributed by atoms with Gasteiger partial charge in [0.2, 0.25) is 5.91 Å². The van der Waals surface area contributed by atoms with Gasteiger partial charge in [0, 0.05) is 12.5 Å². The zero-order chi connectivity index (χ0) is 20.3. The Morgan fingerprint density at radius 2 is 1.93 bits per heavy atom. The Morgan fingerprint density at radius 3 is 2.61 bits per heavy atom. The molecule has 0 unspecified atom stereocenters. The molecule has 10 heteroatoms. The molecule has 0 saturated carbocycles. The van der Waals surface area contributed by atoms with Crippen LogP contribution >= 0.6 is 11.3 Å². The van der Waals surface area contributed by atoms with Gasteiger partial charge in [-0.3, -0.25) is 9.52 Å². The summed E-state index contributed by atoms with van der Waals surface area (Å²) in [6.07, 6.45) is 0.351. The van der Waals surface area contributed by atoms with Crippen molar-refractivity contribution >= 4 is 48.3 Å². The number of aromatic nitrogens is 1. The Balaban J connectivity index is 1.92. The van der Waals surface area contributed by atoms with E-state index in [4.69, 9.17) is 9.47 Å². The third-order valence-corrected chi connectivity index (χ3v) is 6.20. The van der Waals surface area contributed by atoms with Crippen molar-refractivity contribution in [2.75, 3.05) is 24.3 Å². The van der Waals surface area contributed by atoms with Gasteiger partial charge in [0.25, 0.3) is 10.0 Å². The van der Waals surface area contributed by atoms with E-state index in [1.165, 1.54) is 37.7 Å². The first kappa shape index (κ1) is 19.9. The highest BCUT2D eigenvalue weighted by Gasteiger charge is 2.21. The van der Waals surface area contributed by atoms with E-state index in [0.29, 0.717) is 28.5 Å². The standard InChI is InChI=1S/C18H19N3O5S2/c1-4-17(22)20-18-19-13-7-5-11(9-15(13)27-18)21-28(23,24)16-10-12(25-2)6-8-14(16)26-3/h5-10,21H,4H2,1-3H3,(H,19,20,22). The van der Waals surface area contributed by atoms with Gasteiger partial charge in [-0.25, -0.2) is 13.4 Å². The molecule has 3 aromatic rings. The summed E-state index contributed by atoms with van der Waals surface area (Å²) in [5.74, 6) is 0.470. The lowest BCUT2D eigenvalue weighted by atomic mass is 10.3. The summed E-state index contributed by atoms with van der Waals surface area (Å²) in [6, 6.07) is 9.51. The monoisotopic (exact) mass is 421 g/mol. The second-order valence-corrected chi connectivity index (χ2v) is 8.41. The molecule has 0 aliphatic heterocycles. The quantitative estimate of drug-likeness (QED) is 0.605. The van der Waals surface area contributed by atoms with Gasteiger partial charge in [0.15, 0.2) is 5.13 Å². The fourth-order valence-corrected chi connectivity index (χ4v) is 4.61. The molecule has 0 bridgehead atoms. The number of amides is 1. The lowest BCUT2D eigenvalue weighted by molar-refractivity contribution is -0.115. The van der Waals surface area contributed by atoms with E-state index in [2.05, 4.69) is 15.0 Å². The van der Waals surface area contributed by atoms with Crippen molar-refractivity contribution in [1.82, 2.24) is 4.98 Å². The van der Waals surface area contributed by atoms with E-state index >= 15 is 0 Å². The molecule has 28 heavy (non-hydrogen) atoms. The number of carbonyl (C=O) groups excluding carboxylic acids is 1. The molecule has 0 aliphatic carbocycles. The Labute approximate surface area is 166 Å². The van der Waals surface area contributed by atoms with Crippen LogP contribution in [0.2, 0.25) is 0 Å². The van der Waals surface area contributed by atoms with Gasteiger partial charge in [-0.15, -0.1) is 0 Å². The van der Waals surface area contributed by atoms with Gasteiger partial charge in [-0.05, 0) is 30.3 Å². The number of ether oxygens (including phenoxy) is 2. The molecule has 3 rings (SSSR count). The van der Waals surface area contributed by atoms with E-state index in [1.54, 1.807) is 31.2 Å². The summed E-state index contributed by atoms with van der Waals surface area (Å²) in [5.41, 5.74) is 1.03. The second kappa shape index (κ2) is 8.03. The van der Waals surface area contributed by atoms with Crippen molar-refractivity contribution in [3.63, 3.8) is 0 Å². The van der Waals surface area contributed by atoms with Crippen LogP contribution in [0.4, 0.5) is 10.8 Å². The molecule has 1 heterocycles. The molecule has 1 amide bonds. The first-order valence-electron chi connectivity index (χ1n) is 8.31. The average molecular weight is 422 g/mol. The van der Waals surface area contributed by atoms with Gasteiger partial charge in [-0.2, -0.15) is 0 Å². The number of methoxy groups -OCH3 is 2. The summed E-state index contributed by atoms with van der Waals surface area (Å²) in [4.78, 5) is 15.8. The van der Waals surface area contributed by atoms with E-state index in [9.17, 15) is 13.2 Å². The molecule has 8 nitrogen and oxygen atoms in total. The molecule has 0 fully saturated rings. The number of nitrogens with one attached hydrogen (secondary N) is 2. The van der Waals surface area contributed by atoms with E-state index in [1.807, 2.05) is 0 Å². The highest BCUT2D eigenvalue weighted by molar-refractivity contribution is 7.92. The zero-order valence-electron chi connectivity index (χ0n) is 15.5. The molecule has 2 N–H and O–H groups in total. The molecular weight excluding hydrogens is 402 g/mol. The smallest absolute Gasteiger partial charge is 0.265 e. The number of benzene rings is 2. The van der Waals surface area contributed by atoms with E-state index < -0.39 is 10.0 Å². The largest absolute Gasteiger partial charge is 0.497 e. The van der Waals surface area contributed by atoms with Crippen molar-refractivity contribution in [2.45, 2.75) is 18.2 Å². The summed E-state index contributed by atoms with van der Waals surface area (Å²) < 4.78 is 39.3. The van der Waals surface area contributed by atoms with Gasteiger partial charge >= 0.3 is 0 Å². The van der Waals surface area contributed by atoms with Crippen LogP contribution in [-0.2, 0) is 14.8 Å². The Hall–Kier alpha value is -2.85. The second-order valence-electron chi connectivity index (χ2n) is 5.73. The van der Waals surface area contributed by atoms with Gasteiger partial charge in [0.05, 0.1) is 30.1 Å². The number of hydrogen-bond donors (Lipinski definition) is 2. The van der Waals surface area contributed by atoms with Crippen molar-refractivity contribution in [3.8, 4) is 11.5 Å². The number of fused-ring (bicyclic) bond motifs is 1. The lowest BCUT2D eigenvalue weighted by Crippen LogP contribution is -2.14. The molecular formula is C18H19N3O5S2. The number of hydrogen-bond acceptors (Lipinski definition) is 7. The van der Waals surface area contributed by atoms with Crippen LogP contribution in [0.15, 0.2) is 41.3 Å². The number of carbonyl (C=O) groups is 1. The molecule has 1 aromatic heterocycles. The Bertz CT molecular complexity index is 1130. The van der Waals surface area contributed by atoms with Gasteiger partial charge < -0.3 is 14.8 Å². The minimum Gasteiger partial charge on any atom is -0.497 e. The summed E-state index contributed by atoms with van der Waals surface area (Å²) >= 11 is 1.27. The van der Waals surface area contributed by atoms with Crippen LogP contribution in [0.1, 0.15) is 13.3 Å². The van der Waals surface area contributed by atoms with Crippen LogP contribution in [0.5, 0.6) is 11.5 Å². The molecule has 0 spiro atoms. The van der Waals surface area contributed by atoms with Crippen molar-refractivity contribution in [3.05, 3.63) is 36.4 Å². The van der Waals surface area contributed by atoms with Crippen molar-refractivity contribution < 1.29 is 22.7 Å². The van der Waals surface area contributed by atoms with Crippen molar-refractivity contribution in [1.29, 1.82) is 0 Å². The summed E-state index contributed by atoms with van der Waals surface area (Å²) in [5, 5.41) is 3.17. The van der Waals surface area contributed by atoms with Gasteiger partial charge in [0.1, 0.15) is 16.4 Å². The SMILES string of the molecule is CCC(=O)Nc1nc2ccc(NS(=O)(=O)c3cc(OC)ccc3OC)cc2s1. The maximum Gasteiger partial charge on any atom is 0.265 e. The summed E-state index contributed by atoms with van der Waals surface area (Å²) in [6.45, 7) is 1.75. The normalized spacial score (nSPS) is 11.2. The van der Waals surface area contributed by atoms with E-state index in [-0.39, 0.29) is 16.6 Å². The lowest BCUT2D eigenvalue weighted by Gasteiger charge is -2.12. The first-order valence-corrected chi connectivity index (χ1v) is 10.6. The highest BCUT2D eigenvalue weighted by Crippen LogP contribution is 2.32. The number of rotatable bonds is 7. The molecule has 0 saturated heterocycles. The van der Waals surface area contributed by atoms with Gasteiger partial charge in [-0.1, -0.05) is 18.3 Å². The highest BCUT2D eigenvalue weighted by atomic mass is 32.2. The molecule has 0 aliphatic rings. The molecule has 2 aromatic carbocycles. The minimum atomic E-state index is -3.91. The van der Waals surface area contributed by atoms with Crippen LogP contribution in [-0.4, -0.2) is 33.5 Å². The molecule has 0 radical (unpaired) electrons. The third-order valence-electron chi connectivity index (χ3n) is 3.87. The summed E-state index contributed by atoms with van der Waals surface area (Å²) in [7, 11) is -1.06. The zero-order valence-corrected chi connectivity index (χ0v) is 17.1. The number of nitrogens with zero attached hydrogens (tertiary/aromatic N) is 1. The maximum atomic E-state index is 12.9. The van der Waals surface area contributed by atoms with E-state index in [0.717, 1.165) is 4.70 Å². The Morgan fingerprint density at radius 1 is 1.14 bits per heavy atom. The minimum absolute atomic E-state index is 0.0327. The van der Waals surface area contributed by atoms with Crippen LogP contribution in [0.3, 0.4) is 0 Å².